The molecule has 0 aliphatic heterocycles. The summed E-state index contributed by atoms with van der Waals surface area (Å²) in [7, 11) is 0. The largest absolute Gasteiger partial charge is 0.386 e. The van der Waals surface area contributed by atoms with Crippen LogP contribution >= 0.6 is 0 Å². The molecule has 0 aromatic carbocycles. The molecule has 0 heterocycles. The molecule has 0 radical (unpaired) electrons. The maximum absolute atomic E-state index is 10.3. The van der Waals surface area contributed by atoms with Crippen LogP contribution in [0.2, 0.25) is 0 Å². The minimum Gasteiger partial charge on any atom is -0.386 e. The monoisotopic (exact) mass is 290 g/mol. The van der Waals surface area contributed by atoms with Gasteiger partial charge in [0.15, 0.2) is 0 Å². The zero-order chi connectivity index (χ0) is 15.9. The summed E-state index contributed by atoms with van der Waals surface area (Å²) < 4.78 is 0. The van der Waals surface area contributed by atoms with Crippen molar-refractivity contribution in [1.29, 1.82) is 0 Å². The van der Waals surface area contributed by atoms with E-state index >= 15 is 0 Å². The quantitative estimate of drug-likeness (QED) is 0.678. The Kier molecular flexibility index (Phi) is 4.46. The summed E-state index contributed by atoms with van der Waals surface area (Å²) in [5.41, 5.74) is 1.58. The first-order chi connectivity index (χ1) is 9.66. The smallest absolute Gasteiger partial charge is 0.0797 e. The zero-order valence-electron chi connectivity index (χ0n) is 14.7. The van der Waals surface area contributed by atoms with Gasteiger partial charge in [-0.15, -0.1) is 6.58 Å². The fraction of sp³-hybridized carbons (Fsp3) is 0.800. The Morgan fingerprint density at radius 1 is 1.43 bits per heavy atom. The zero-order valence-corrected chi connectivity index (χ0v) is 14.7. The molecule has 0 amide bonds. The Morgan fingerprint density at radius 2 is 2.10 bits per heavy atom. The lowest BCUT2D eigenvalue weighted by molar-refractivity contribution is -0.0582. The van der Waals surface area contributed by atoms with Crippen LogP contribution in [0.4, 0.5) is 0 Å². The molecule has 1 saturated carbocycles. The fourth-order valence-corrected chi connectivity index (χ4v) is 4.96. The van der Waals surface area contributed by atoms with Crippen molar-refractivity contribution in [2.45, 2.75) is 78.7 Å². The highest BCUT2D eigenvalue weighted by molar-refractivity contribution is 5.20. The van der Waals surface area contributed by atoms with Crippen LogP contribution in [0.3, 0.4) is 0 Å². The molecule has 0 aromatic rings. The summed E-state index contributed by atoms with van der Waals surface area (Å²) in [4.78, 5) is 0. The number of allylic oxidation sites excluding steroid dienone is 2. The van der Waals surface area contributed by atoms with Gasteiger partial charge in [0, 0.05) is 0 Å². The molecule has 0 spiro atoms. The average Bonchev–Trinajstić information content (AvgIpc) is 2.44. The Balaban J connectivity index is 2.27. The molecule has 120 valence electrons. The molecule has 1 N–H and O–H groups in total. The van der Waals surface area contributed by atoms with E-state index in [2.05, 4.69) is 40.3 Å². The molecule has 2 rings (SSSR count). The van der Waals surface area contributed by atoms with Gasteiger partial charge in [-0.25, -0.2) is 0 Å². The second kappa shape index (κ2) is 5.57. The van der Waals surface area contributed by atoms with E-state index < -0.39 is 5.60 Å². The Hall–Kier alpha value is -0.560. The lowest BCUT2D eigenvalue weighted by Crippen LogP contribution is -2.50. The predicted octanol–water partition coefficient (Wildman–Crippen LogP) is 5.50. The third-order valence-corrected chi connectivity index (χ3v) is 7.20. The first-order valence-corrected chi connectivity index (χ1v) is 8.69. The molecule has 2 aliphatic carbocycles. The van der Waals surface area contributed by atoms with E-state index in [1.165, 1.54) is 25.7 Å². The molecule has 2 aliphatic rings. The van der Waals surface area contributed by atoms with Gasteiger partial charge in [0.25, 0.3) is 0 Å². The van der Waals surface area contributed by atoms with E-state index in [4.69, 9.17) is 0 Å². The van der Waals surface area contributed by atoms with E-state index in [0.29, 0.717) is 10.8 Å². The standard InChI is InChI=1S/C20H34O/c1-7-18(4,21)13-14-20(6)16(3)11-12-19(5)15(2)9-8-10-17(19)20/h7,9,16-17,21H,1,8,10-14H2,2-6H3/t16-,17+,18-,19+,20+/m1/s1. The minimum atomic E-state index is -0.726. The first-order valence-electron chi connectivity index (χ1n) is 8.69. The number of hydrogen-bond acceptors (Lipinski definition) is 1. The molecule has 1 fully saturated rings. The van der Waals surface area contributed by atoms with Gasteiger partial charge >= 0.3 is 0 Å². The van der Waals surface area contributed by atoms with Crippen molar-refractivity contribution in [1.82, 2.24) is 0 Å². The fourth-order valence-electron chi connectivity index (χ4n) is 4.96. The van der Waals surface area contributed by atoms with E-state index in [1.54, 1.807) is 11.6 Å². The number of rotatable bonds is 4. The summed E-state index contributed by atoms with van der Waals surface area (Å²) in [6.45, 7) is 15.4. The topological polar surface area (TPSA) is 20.2 Å². The van der Waals surface area contributed by atoms with Crippen molar-refractivity contribution < 1.29 is 5.11 Å². The van der Waals surface area contributed by atoms with Crippen LogP contribution in [0.15, 0.2) is 24.3 Å². The SMILES string of the molecule is C=C[C@@](C)(O)CC[C@@]1(C)[C@H](C)CC[C@@]2(C)C(C)=CCC[C@H]12. The second-order valence-corrected chi connectivity index (χ2v) is 8.44. The third-order valence-electron chi connectivity index (χ3n) is 7.20. The molecule has 1 heteroatoms. The van der Waals surface area contributed by atoms with Gasteiger partial charge in [-0.05, 0) is 75.0 Å². The third kappa shape index (κ3) is 2.86. The summed E-state index contributed by atoms with van der Waals surface area (Å²) in [6, 6.07) is 0. The molecule has 0 aromatic heterocycles. The van der Waals surface area contributed by atoms with Crippen LogP contribution in [0.25, 0.3) is 0 Å². The first kappa shape index (κ1) is 16.8. The van der Waals surface area contributed by atoms with Crippen molar-refractivity contribution >= 4 is 0 Å². The molecule has 5 atom stereocenters. The van der Waals surface area contributed by atoms with Crippen molar-refractivity contribution in [2.75, 3.05) is 0 Å². The molecule has 0 bridgehead atoms. The van der Waals surface area contributed by atoms with Crippen LogP contribution in [0, 0.1) is 22.7 Å². The number of aliphatic hydroxyl groups is 1. The van der Waals surface area contributed by atoms with E-state index in [-0.39, 0.29) is 0 Å². The van der Waals surface area contributed by atoms with Gasteiger partial charge in [-0.2, -0.15) is 0 Å². The summed E-state index contributed by atoms with van der Waals surface area (Å²) in [5.74, 6) is 1.49. The van der Waals surface area contributed by atoms with Crippen molar-refractivity contribution in [3.8, 4) is 0 Å². The normalized spacial score (nSPS) is 42.7. The molecule has 1 nitrogen and oxygen atoms in total. The van der Waals surface area contributed by atoms with E-state index in [1.807, 2.05) is 6.92 Å². The molecule has 21 heavy (non-hydrogen) atoms. The molecule has 0 saturated heterocycles. The van der Waals surface area contributed by atoms with Crippen LogP contribution in [-0.4, -0.2) is 10.7 Å². The lowest BCUT2D eigenvalue weighted by atomic mass is 9.47. The highest BCUT2D eigenvalue weighted by Gasteiger charge is 2.53. The lowest BCUT2D eigenvalue weighted by Gasteiger charge is -2.58. The Bertz CT molecular complexity index is 433. The van der Waals surface area contributed by atoms with Gasteiger partial charge in [0.2, 0.25) is 0 Å². The predicted molar refractivity (Wildman–Crippen MR) is 91.1 cm³/mol. The average molecular weight is 290 g/mol. The van der Waals surface area contributed by atoms with Gasteiger partial charge in [0.1, 0.15) is 0 Å². The van der Waals surface area contributed by atoms with Crippen molar-refractivity contribution in [2.24, 2.45) is 22.7 Å². The van der Waals surface area contributed by atoms with E-state index in [0.717, 1.165) is 24.7 Å². The summed E-state index contributed by atoms with van der Waals surface area (Å²) >= 11 is 0. The van der Waals surface area contributed by atoms with E-state index in [9.17, 15) is 5.11 Å². The minimum absolute atomic E-state index is 0.329. The van der Waals surface area contributed by atoms with Crippen LogP contribution in [0.5, 0.6) is 0 Å². The van der Waals surface area contributed by atoms with Crippen LogP contribution < -0.4 is 0 Å². The van der Waals surface area contributed by atoms with Crippen LogP contribution in [-0.2, 0) is 0 Å². The maximum Gasteiger partial charge on any atom is 0.0797 e. The molecular weight excluding hydrogens is 256 g/mol. The summed E-state index contributed by atoms with van der Waals surface area (Å²) in [5, 5.41) is 10.3. The molecule has 0 unspecified atom stereocenters. The highest BCUT2D eigenvalue weighted by Crippen LogP contribution is 2.61. The number of fused-ring (bicyclic) bond motifs is 1. The molecular formula is C20H34O. The Morgan fingerprint density at radius 3 is 2.71 bits per heavy atom. The van der Waals surface area contributed by atoms with Gasteiger partial charge in [0.05, 0.1) is 5.60 Å². The van der Waals surface area contributed by atoms with Crippen molar-refractivity contribution in [3.05, 3.63) is 24.3 Å². The van der Waals surface area contributed by atoms with Gasteiger partial charge in [-0.3, -0.25) is 0 Å². The van der Waals surface area contributed by atoms with Crippen molar-refractivity contribution in [3.63, 3.8) is 0 Å². The summed E-state index contributed by atoms with van der Waals surface area (Å²) in [6.07, 6.45) is 11.3. The second-order valence-electron chi connectivity index (χ2n) is 8.44. The van der Waals surface area contributed by atoms with Crippen LogP contribution in [0.1, 0.15) is 73.1 Å². The highest BCUT2D eigenvalue weighted by atomic mass is 16.3. The number of hydrogen-bond donors (Lipinski definition) is 1. The Labute approximate surface area is 131 Å². The maximum atomic E-state index is 10.3. The van der Waals surface area contributed by atoms with Gasteiger partial charge < -0.3 is 5.11 Å². The van der Waals surface area contributed by atoms with Gasteiger partial charge in [-0.1, -0.05) is 38.5 Å².